The molecule has 0 aliphatic rings. The molecule has 1 rings (SSSR count). The molecule has 1 aromatic rings. The summed E-state index contributed by atoms with van der Waals surface area (Å²) in [5.41, 5.74) is 1.09. The van der Waals surface area contributed by atoms with Gasteiger partial charge in [-0.1, -0.05) is 13.8 Å². The van der Waals surface area contributed by atoms with Gasteiger partial charge in [-0.3, -0.25) is 9.97 Å². The molecule has 0 saturated heterocycles. The topological polar surface area (TPSA) is 25.8 Å². The minimum atomic E-state index is 0.536. The third-order valence-electron chi connectivity index (χ3n) is 1.70. The summed E-state index contributed by atoms with van der Waals surface area (Å²) in [5, 5.41) is 0. The molecule has 0 aliphatic carbocycles. The van der Waals surface area contributed by atoms with Crippen LogP contribution in [0.15, 0.2) is 18.6 Å². The summed E-state index contributed by atoms with van der Waals surface area (Å²) >= 11 is 0. The quantitative estimate of drug-likeness (QED) is 0.621. The molecule has 54 valence electrons. The van der Waals surface area contributed by atoms with E-state index in [1.165, 1.54) is 0 Å². The van der Waals surface area contributed by atoms with Crippen molar-refractivity contribution in [2.24, 2.45) is 0 Å². The summed E-state index contributed by atoms with van der Waals surface area (Å²) in [4.78, 5) is 8.18. The fraction of sp³-hybridized carbons (Fsp3) is 0.500. The van der Waals surface area contributed by atoms with Gasteiger partial charge >= 0.3 is 0 Å². The molecule has 2 nitrogen and oxygen atoms in total. The largest absolute Gasteiger partial charge is 0.261 e. The molecular weight excluding hydrogens is 124 g/mol. The van der Waals surface area contributed by atoms with E-state index in [2.05, 4.69) is 23.8 Å². The molecule has 0 aromatic carbocycles. The van der Waals surface area contributed by atoms with E-state index in [1.54, 1.807) is 12.4 Å². The van der Waals surface area contributed by atoms with Gasteiger partial charge in [0, 0.05) is 18.6 Å². The minimum Gasteiger partial charge on any atom is -0.261 e. The second kappa shape index (κ2) is 3.30. The summed E-state index contributed by atoms with van der Waals surface area (Å²) in [5.74, 6) is 0.536. The molecule has 1 heterocycles. The lowest BCUT2D eigenvalue weighted by Crippen LogP contribution is -1.94. The summed E-state index contributed by atoms with van der Waals surface area (Å²) in [7, 11) is 0. The van der Waals surface area contributed by atoms with Gasteiger partial charge in [0.05, 0.1) is 5.69 Å². The predicted molar refractivity (Wildman–Crippen MR) is 40.7 cm³/mol. The highest BCUT2D eigenvalue weighted by atomic mass is 14.8. The van der Waals surface area contributed by atoms with Gasteiger partial charge in [-0.15, -0.1) is 0 Å². The first kappa shape index (κ1) is 7.19. The van der Waals surface area contributed by atoms with Crippen molar-refractivity contribution in [2.45, 2.75) is 26.2 Å². The second-order valence-electron chi connectivity index (χ2n) is 2.44. The van der Waals surface area contributed by atoms with Crippen LogP contribution >= 0.6 is 0 Å². The van der Waals surface area contributed by atoms with Gasteiger partial charge < -0.3 is 0 Å². The SMILES string of the molecule is CC[C@@H](C)c1cnccn1. The molecule has 1 atom stereocenters. The van der Waals surface area contributed by atoms with Gasteiger partial charge in [-0.05, 0) is 12.3 Å². The van der Waals surface area contributed by atoms with E-state index in [-0.39, 0.29) is 0 Å². The van der Waals surface area contributed by atoms with Crippen LogP contribution in [0.2, 0.25) is 0 Å². The Labute approximate surface area is 61.3 Å². The molecule has 0 radical (unpaired) electrons. The van der Waals surface area contributed by atoms with Crippen molar-refractivity contribution in [3.8, 4) is 0 Å². The van der Waals surface area contributed by atoms with Gasteiger partial charge in [0.15, 0.2) is 0 Å². The molecule has 0 unspecified atom stereocenters. The van der Waals surface area contributed by atoms with Crippen LogP contribution in [0, 0.1) is 0 Å². The Kier molecular flexibility index (Phi) is 2.37. The van der Waals surface area contributed by atoms with Crippen molar-refractivity contribution in [3.05, 3.63) is 24.3 Å². The first-order valence-corrected chi connectivity index (χ1v) is 3.60. The van der Waals surface area contributed by atoms with Gasteiger partial charge in [0.25, 0.3) is 0 Å². The highest BCUT2D eigenvalue weighted by Crippen LogP contribution is 2.13. The Hall–Kier alpha value is -0.920. The predicted octanol–water partition coefficient (Wildman–Crippen LogP) is 1.99. The number of nitrogens with zero attached hydrogens (tertiary/aromatic N) is 2. The lowest BCUT2D eigenvalue weighted by Gasteiger charge is -2.04. The smallest absolute Gasteiger partial charge is 0.0614 e. The molecular formula is C8H12N2. The zero-order valence-corrected chi connectivity index (χ0v) is 6.41. The number of aromatic nitrogens is 2. The van der Waals surface area contributed by atoms with Crippen LogP contribution in [-0.4, -0.2) is 9.97 Å². The molecule has 0 amide bonds. The van der Waals surface area contributed by atoms with E-state index in [0.717, 1.165) is 12.1 Å². The third kappa shape index (κ3) is 1.53. The fourth-order valence-electron chi connectivity index (χ4n) is 0.774. The highest BCUT2D eigenvalue weighted by molar-refractivity contribution is 5.00. The molecule has 0 spiro atoms. The van der Waals surface area contributed by atoms with E-state index in [9.17, 15) is 0 Å². The van der Waals surface area contributed by atoms with E-state index >= 15 is 0 Å². The van der Waals surface area contributed by atoms with Crippen LogP contribution < -0.4 is 0 Å². The van der Waals surface area contributed by atoms with Crippen molar-refractivity contribution in [3.63, 3.8) is 0 Å². The Morgan fingerprint density at radius 2 is 2.30 bits per heavy atom. The zero-order chi connectivity index (χ0) is 7.40. The van der Waals surface area contributed by atoms with Crippen LogP contribution in [0.1, 0.15) is 31.9 Å². The first-order valence-electron chi connectivity index (χ1n) is 3.60. The Morgan fingerprint density at radius 1 is 1.50 bits per heavy atom. The average molecular weight is 136 g/mol. The van der Waals surface area contributed by atoms with Crippen LogP contribution in [0.4, 0.5) is 0 Å². The van der Waals surface area contributed by atoms with Gasteiger partial charge in [-0.2, -0.15) is 0 Å². The molecule has 0 aliphatic heterocycles. The number of hydrogen-bond donors (Lipinski definition) is 0. The molecule has 2 heteroatoms. The summed E-state index contributed by atoms with van der Waals surface area (Å²) in [6.45, 7) is 4.31. The van der Waals surface area contributed by atoms with Crippen molar-refractivity contribution >= 4 is 0 Å². The van der Waals surface area contributed by atoms with Crippen molar-refractivity contribution in [1.29, 1.82) is 0 Å². The lowest BCUT2D eigenvalue weighted by atomic mass is 10.1. The van der Waals surface area contributed by atoms with Crippen LogP contribution in [0.3, 0.4) is 0 Å². The second-order valence-corrected chi connectivity index (χ2v) is 2.44. The molecule has 0 saturated carbocycles. The maximum absolute atomic E-state index is 4.19. The first-order chi connectivity index (χ1) is 4.84. The van der Waals surface area contributed by atoms with Gasteiger partial charge in [0.2, 0.25) is 0 Å². The monoisotopic (exact) mass is 136 g/mol. The van der Waals surface area contributed by atoms with Crippen molar-refractivity contribution in [2.75, 3.05) is 0 Å². The Bertz CT molecular complexity index is 184. The summed E-state index contributed by atoms with van der Waals surface area (Å²) in [6.07, 6.45) is 6.39. The molecule has 0 bridgehead atoms. The molecule has 0 fully saturated rings. The Balaban J connectivity index is 2.75. The number of rotatable bonds is 2. The Morgan fingerprint density at radius 3 is 2.80 bits per heavy atom. The van der Waals surface area contributed by atoms with Crippen molar-refractivity contribution < 1.29 is 0 Å². The van der Waals surface area contributed by atoms with E-state index in [4.69, 9.17) is 0 Å². The normalized spacial score (nSPS) is 13.0. The van der Waals surface area contributed by atoms with Crippen molar-refractivity contribution in [1.82, 2.24) is 9.97 Å². The average Bonchev–Trinajstić information content (AvgIpc) is 2.05. The van der Waals surface area contributed by atoms with Crippen LogP contribution in [0.25, 0.3) is 0 Å². The van der Waals surface area contributed by atoms with E-state index < -0.39 is 0 Å². The molecule has 0 N–H and O–H groups in total. The maximum atomic E-state index is 4.19. The third-order valence-corrected chi connectivity index (χ3v) is 1.70. The summed E-state index contributed by atoms with van der Waals surface area (Å²) < 4.78 is 0. The van der Waals surface area contributed by atoms with Gasteiger partial charge in [0.1, 0.15) is 0 Å². The van der Waals surface area contributed by atoms with E-state index in [1.807, 2.05) is 6.20 Å². The van der Waals surface area contributed by atoms with E-state index in [0.29, 0.717) is 5.92 Å². The van der Waals surface area contributed by atoms with Gasteiger partial charge in [-0.25, -0.2) is 0 Å². The fourth-order valence-corrected chi connectivity index (χ4v) is 0.774. The van der Waals surface area contributed by atoms with Crippen LogP contribution in [-0.2, 0) is 0 Å². The highest BCUT2D eigenvalue weighted by Gasteiger charge is 2.01. The maximum Gasteiger partial charge on any atom is 0.0614 e. The summed E-state index contributed by atoms with van der Waals surface area (Å²) in [6, 6.07) is 0. The molecule has 10 heavy (non-hydrogen) atoms. The molecule has 1 aromatic heterocycles. The number of hydrogen-bond acceptors (Lipinski definition) is 2. The van der Waals surface area contributed by atoms with Crippen LogP contribution in [0.5, 0.6) is 0 Å². The zero-order valence-electron chi connectivity index (χ0n) is 6.41. The standard InChI is InChI=1S/C8H12N2/c1-3-7(2)8-6-9-4-5-10-8/h4-7H,3H2,1-2H3/t7-/m1/s1. The lowest BCUT2D eigenvalue weighted by molar-refractivity contribution is 0.702. The minimum absolute atomic E-state index is 0.536.